The Hall–Kier alpha value is -1.22. The SMILES string of the molecule is CCNC(=NCC(C)Oc1ccccc1OC)NCCCOCC.I. The van der Waals surface area contributed by atoms with Crippen LogP contribution in [0.1, 0.15) is 27.2 Å². The van der Waals surface area contributed by atoms with E-state index in [1.54, 1.807) is 7.11 Å². The largest absolute Gasteiger partial charge is 0.493 e. The lowest BCUT2D eigenvalue weighted by Crippen LogP contribution is -2.38. The molecule has 0 aliphatic carbocycles. The number of hydrogen-bond acceptors (Lipinski definition) is 4. The molecule has 1 aromatic carbocycles. The zero-order chi connectivity index (χ0) is 17.6. The van der Waals surface area contributed by atoms with Crippen LogP contribution in [0.4, 0.5) is 0 Å². The molecular formula is C18H32IN3O3. The van der Waals surface area contributed by atoms with Crippen molar-refractivity contribution >= 4 is 29.9 Å². The lowest BCUT2D eigenvalue weighted by Gasteiger charge is -2.16. The summed E-state index contributed by atoms with van der Waals surface area (Å²) in [5.74, 6) is 2.26. The molecule has 0 saturated heterocycles. The van der Waals surface area contributed by atoms with Gasteiger partial charge in [0.15, 0.2) is 17.5 Å². The number of nitrogens with zero attached hydrogens (tertiary/aromatic N) is 1. The molecule has 1 aromatic rings. The number of halogens is 1. The Bertz CT molecular complexity index is 486. The molecule has 7 heteroatoms. The molecule has 2 N–H and O–H groups in total. The van der Waals surface area contributed by atoms with Crippen LogP contribution < -0.4 is 20.1 Å². The minimum Gasteiger partial charge on any atom is -0.493 e. The Morgan fingerprint density at radius 1 is 1.16 bits per heavy atom. The number of aliphatic imine (C=N–C) groups is 1. The number of benzene rings is 1. The molecule has 1 rings (SSSR count). The standard InChI is InChI=1S/C18H31N3O3.HI/c1-5-19-18(20-12-9-13-23-6-2)21-14-15(3)24-17-11-8-7-10-16(17)22-4;/h7-8,10-11,15H,5-6,9,12-14H2,1-4H3,(H2,19,20,21);1H. The first-order chi connectivity index (χ1) is 11.7. The van der Waals surface area contributed by atoms with Gasteiger partial charge < -0.3 is 24.8 Å². The van der Waals surface area contributed by atoms with E-state index in [9.17, 15) is 0 Å². The number of rotatable bonds is 11. The Balaban J connectivity index is 0.00000576. The third-order valence-corrected chi connectivity index (χ3v) is 3.21. The van der Waals surface area contributed by atoms with Crippen molar-refractivity contribution in [3.63, 3.8) is 0 Å². The summed E-state index contributed by atoms with van der Waals surface area (Å²) in [4.78, 5) is 4.57. The second kappa shape index (κ2) is 15.1. The van der Waals surface area contributed by atoms with E-state index in [2.05, 4.69) is 15.6 Å². The first-order valence-electron chi connectivity index (χ1n) is 8.60. The summed E-state index contributed by atoms with van der Waals surface area (Å²) in [6.45, 7) is 9.76. The van der Waals surface area contributed by atoms with Gasteiger partial charge in [0.25, 0.3) is 0 Å². The predicted molar refractivity (Wildman–Crippen MR) is 114 cm³/mol. The van der Waals surface area contributed by atoms with Crippen molar-refractivity contribution in [3.05, 3.63) is 24.3 Å². The molecule has 144 valence electrons. The molecule has 0 spiro atoms. The highest BCUT2D eigenvalue weighted by atomic mass is 127. The number of ether oxygens (including phenoxy) is 3. The van der Waals surface area contributed by atoms with E-state index in [-0.39, 0.29) is 30.1 Å². The Morgan fingerprint density at radius 3 is 2.52 bits per heavy atom. The maximum atomic E-state index is 5.91. The number of hydrogen-bond donors (Lipinski definition) is 2. The molecular weight excluding hydrogens is 433 g/mol. The number of guanidine groups is 1. The second-order valence-corrected chi connectivity index (χ2v) is 5.28. The molecule has 1 unspecified atom stereocenters. The number of para-hydroxylation sites is 2. The third kappa shape index (κ3) is 10.4. The average molecular weight is 465 g/mol. The fourth-order valence-corrected chi connectivity index (χ4v) is 2.06. The minimum absolute atomic E-state index is 0. The minimum atomic E-state index is -0.0554. The summed E-state index contributed by atoms with van der Waals surface area (Å²) in [6.07, 6.45) is 0.895. The van der Waals surface area contributed by atoms with Gasteiger partial charge in [-0.2, -0.15) is 0 Å². The van der Waals surface area contributed by atoms with E-state index in [0.29, 0.717) is 6.54 Å². The molecule has 0 radical (unpaired) electrons. The van der Waals surface area contributed by atoms with Crippen LogP contribution in [-0.4, -0.2) is 52.0 Å². The first-order valence-corrected chi connectivity index (χ1v) is 8.60. The highest BCUT2D eigenvalue weighted by Gasteiger charge is 2.08. The molecule has 0 aromatic heterocycles. The lowest BCUT2D eigenvalue weighted by atomic mass is 10.3. The quantitative estimate of drug-likeness (QED) is 0.228. The van der Waals surface area contributed by atoms with Crippen LogP contribution in [0.15, 0.2) is 29.3 Å². The van der Waals surface area contributed by atoms with E-state index in [1.165, 1.54) is 0 Å². The van der Waals surface area contributed by atoms with Gasteiger partial charge in [-0.05, 0) is 39.3 Å². The van der Waals surface area contributed by atoms with Crippen molar-refractivity contribution in [2.24, 2.45) is 4.99 Å². The van der Waals surface area contributed by atoms with E-state index in [1.807, 2.05) is 45.0 Å². The van der Waals surface area contributed by atoms with Crippen LogP contribution in [0.25, 0.3) is 0 Å². The van der Waals surface area contributed by atoms with Crippen molar-refractivity contribution < 1.29 is 14.2 Å². The average Bonchev–Trinajstić information content (AvgIpc) is 2.60. The summed E-state index contributed by atoms with van der Waals surface area (Å²) >= 11 is 0. The summed E-state index contributed by atoms with van der Waals surface area (Å²) in [6, 6.07) is 7.63. The molecule has 1 atom stereocenters. The maximum Gasteiger partial charge on any atom is 0.191 e. The molecule has 0 bridgehead atoms. The molecule has 0 heterocycles. The van der Waals surface area contributed by atoms with Gasteiger partial charge in [-0.25, -0.2) is 4.99 Å². The molecule has 0 fully saturated rings. The van der Waals surface area contributed by atoms with Crippen molar-refractivity contribution in [3.8, 4) is 11.5 Å². The molecule has 0 saturated carbocycles. The van der Waals surface area contributed by atoms with Crippen molar-refractivity contribution in [1.82, 2.24) is 10.6 Å². The fraction of sp³-hybridized carbons (Fsp3) is 0.611. The highest BCUT2D eigenvalue weighted by Crippen LogP contribution is 2.26. The molecule has 0 aliphatic rings. The Morgan fingerprint density at radius 2 is 1.88 bits per heavy atom. The van der Waals surface area contributed by atoms with Crippen molar-refractivity contribution in [2.45, 2.75) is 33.3 Å². The summed E-state index contributed by atoms with van der Waals surface area (Å²) in [5.41, 5.74) is 0. The maximum absolute atomic E-state index is 5.91. The molecule has 0 aliphatic heterocycles. The molecule has 0 amide bonds. The summed E-state index contributed by atoms with van der Waals surface area (Å²) < 4.78 is 16.5. The van der Waals surface area contributed by atoms with Crippen LogP contribution in [-0.2, 0) is 4.74 Å². The van der Waals surface area contributed by atoms with Crippen molar-refractivity contribution in [2.75, 3.05) is 40.0 Å². The van der Waals surface area contributed by atoms with Crippen LogP contribution >= 0.6 is 24.0 Å². The lowest BCUT2D eigenvalue weighted by molar-refractivity contribution is 0.145. The van der Waals surface area contributed by atoms with Gasteiger partial charge in [-0.1, -0.05) is 12.1 Å². The fourth-order valence-electron chi connectivity index (χ4n) is 2.06. The zero-order valence-corrected chi connectivity index (χ0v) is 18.0. The third-order valence-electron chi connectivity index (χ3n) is 3.21. The van der Waals surface area contributed by atoms with Gasteiger partial charge in [0.05, 0.1) is 13.7 Å². The van der Waals surface area contributed by atoms with Gasteiger partial charge in [0, 0.05) is 26.3 Å². The van der Waals surface area contributed by atoms with Crippen LogP contribution in [0.3, 0.4) is 0 Å². The Kier molecular flexibility index (Phi) is 14.3. The van der Waals surface area contributed by atoms with Gasteiger partial charge in [-0.3, -0.25) is 0 Å². The number of nitrogens with one attached hydrogen (secondary N) is 2. The normalized spacial score (nSPS) is 12.1. The van der Waals surface area contributed by atoms with Gasteiger partial charge in [0.1, 0.15) is 6.10 Å². The smallest absolute Gasteiger partial charge is 0.191 e. The highest BCUT2D eigenvalue weighted by molar-refractivity contribution is 14.0. The molecule has 6 nitrogen and oxygen atoms in total. The van der Waals surface area contributed by atoms with Crippen LogP contribution in [0.2, 0.25) is 0 Å². The number of methoxy groups -OCH3 is 1. The van der Waals surface area contributed by atoms with Crippen molar-refractivity contribution in [1.29, 1.82) is 0 Å². The first kappa shape index (κ1) is 23.8. The van der Waals surface area contributed by atoms with E-state index < -0.39 is 0 Å². The molecule has 25 heavy (non-hydrogen) atoms. The summed E-state index contributed by atoms with van der Waals surface area (Å²) in [7, 11) is 1.64. The van der Waals surface area contributed by atoms with Gasteiger partial charge >= 0.3 is 0 Å². The predicted octanol–water partition coefficient (Wildman–Crippen LogP) is 3.06. The topological polar surface area (TPSA) is 64.1 Å². The monoisotopic (exact) mass is 465 g/mol. The second-order valence-electron chi connectivity index (χ2n) is 5.28. The van der Waals surface area contributed by atoms with E-state index in [4.69, 9.17) is 14.2 Å². The van der Waals surface area contributed by atoms with Crippen LogP contribution in [0, 0.1) is 0 Å². The zero-order valence-electron chi connectivity index (χ0n) is 15.7. The van der Waals surface area contributed by atoms with Gasteiger partial charge in [-0.15, -0.1) is 24.0 Å². The van der Waals surface area contributed by atoms with Gasteiger partial charge in [0.2, 0.25) is 0 Å². The summed E-state index contributed by atoms with van der Waals surface area (Å²) in [5, 5.41) is 6.53. The van der Waals surface area contributed by atoms with E-state index >= 15 is 0 Å². The Labute approximate surface area is 168 Å². The van der Waals surface area contributed by atoms with E-state index in [0.717, 1.165) is 50.2 Å². The van der Waals surface area contributed by atoms with Crippen LogP contribution in [0.5, 0.6) is 11.5 Å².